The van der Waals surface area contributed by atoms with Crippen LogP contribution in [-0.2, 0) is 11.3 Å². The number of amides is 2. The van der Waals surface area contributed by atoms with E-state index >= 15 is 0 Å². The van der Waals surface area contributed by atoms with Gasteiger partial charge in [0.15, 0.2) is 5.96 Å². The Balaban J connectivity index is 0.00000385. The zero-order chi connectivity index (χ0) is 23.1. The summed E-state index contributed by atoms with van der Waals surface area (Å²) in [5.41, 5.74) is 7.31. The Morgan fingerprint density at radius 2 is 1.82 bits per heavy atom. The fourth-order valence-electron chi connectivity index (χ4n) is 3.62. The van der Waals surface area contributed by atoms with Gasteiger partial charge in [-0.2, -0.15) is 0 Å². The Morgan fingerprint density at radius 1 is 1.12 bits per heavy atom. The van der Waals surface area contributed by atoms with E-state index in [4.69, 9.17) is 15.5 Å². The lowest BCUT2D eigenvalue weighted by Crippen LogP contribution is -2.45. The predicted octanol–water partition coefficient (Wildman–Crippen LogP) is 2.88. The monoisotopic (exact) mass is 565 g/mol. The summed E-state index contributed by atoms with van der Waals surface area (Å²) in [5.74, 6) is 0.688. The molecule has 0 saturated heterocycles. The maximum Gasteiger partial charge on any atom is 0.251 e. The van der Waals surface area contributed by atoms with Gasteiger partial charge in [-0.05, 0) is 44.5 Å². The van der Waals surface area contributed by atoms with E-state index in [9.17, 15) is 9.59 Å². The molecular weight excluding hydrogens is 533 g/mol. The molecule has 2 amide bonds. The highest BCUT2D eigenvalue weighted by molar-refractivity contribution is 14.0. The Kier molecular flexibility index (Phi) is 9.51. The topological polar surface area (TPSA) is 118 Å². The van der Waals surface area contributed by atoms with Crippen molar-refractivity contribution in [3.63, 3.8) is 0 Å². The van der Waals surface area contributed by atoms with E-state index in [1.807, 2.05) is 37.3 Å². The van der Waals surface area contributed by atoms with E-state index in [-0.39, 0.29) is 48.1 Å². The van der Waals surface area contributed by atoms with Crippen LogP contribution in [0.1, 0.15) is 54.7 Å². The molecule has 2 aromatic rings. The summed E-state index contributed by atoms with van der Waals surface area (Å²) in [7, 11) is 0. The minimum Gasteiger partial charge on any atom is -0.487 e. The molecule has 3 rings (SSSR count). The molecule has 0 aromatic heterocycles. The minimum atomic E-state index is -0.580. The van der Waals surface area contributed by atoms with Gasteiger partial charge in [-0.1, -0.05) is 30.3 Å². The van der Waals surface area contributed by atoms with Crippen LogP contribution in [0.5, 0.6) is 5.75 Å². The number of rotatable bonds is 7. The molecule has 0 fully saturated rings. The van der Waals surface area contributed by atoms with Crippen LogP contribution in [0.4, 0.5) is 0 Å². The van der Waals surface area contributed by atoms with Crippen molar-refractivity contribution in [1.82, 2.24) is 16.0 Å². The SMILES string of the molecule is CCNC(=NCc1ccc(C(=O)NCC(N)=O)cc1)NC1CC(C)(C)Oc2ccccc21.I. The molecule has 5 N–H and O–H groups in total. The molecule has 1 atom stereocenters. The molecule has 1 heterocycles. The summed E-state index contributed by atoms with van der Waals surface area (Å²) in [6.07, 6.45) is 0.809. The van der Waals surface area contributed by atoms with Crippen molar-refractivity contribution in [2.45, 2.75) is 45.4 Å². The third-order valence-electron chi connectivity index (χ3n) is 5.09. The van der Waals surface area contributed by atoms with Crippen LogP contribution < -0.4 is 26.4 Å². The summed E-state index contributed by atoms with van der Waals surface area (Å²) in [6.45, 7) is 7.20. The van der Waals surface area contributed by atoms with Crippen molar-refractivity contribution >= 4 is 41.8 Å². The third-order valence-corrected chi connectivity index (χ3v) is 5.09. The standard InChI is InChI=1S/C24H31N5O3.HI/c1-4-26-23(29-19-13-24(2,3)32-20-8-6-5-7-18(19)20)28-14-16-9-11-17(12-10-16)22(31)27-15-21(25)30;/h5-12,19H,4,13-15H2,1-3H3,(H2,25,30)(H,27,31)(H2,26,28,29);1H. The maximum atomic E-state index is 12.0. The number of carbonyl (C=O) groups excluding carboxylic acids is 2. The number of para-hydroxylation sites is 1. The van der Waals surface area contributed by atoms with E-state index in [1.54, 1.807) is 12.1 Å². The van der Waals surface area contributed by atoms with Gasteiger partial charge >= 0.3 is 0 Å². The smallest absolute Gasteiger partial charge is 0.251 e. The Bertz CT molecular complexity index is 992. The van der Waals surface area contributed by atoms with Crippen molar-refractivity contribution in [2.75, 3.05) is 13.1 Å². The van der Waals surface area contributed by atoms with Crippen molar-refractivity contribution in [3.05, 3.63) is 65.2 Å². The highest BCUT2D eigenvalue weighted by Crippen LogP contribution is 2.39. The zero-order valence-electron chi connectivity index (χ0n) is 19.2. The first kappa shape index (κ1) is 26.4. The summed E-state index contributed by atoms with van der Waals surface area (Å²) in [5, 5.41) is 9.33. The molecule has 9 heteroatoms. The van der Waals surface area contributed by atoms with Gasteiger partial charge in [0.1, 0.15) is 11.4 Å². The zero-order valence-corrected chi connectivity index (χ0v) is 21.5. The second-order valence-corrected chi connectivity index (χ2v) is 8.34. The van der Waals surface area contributed by atoms with Crippen LogP contribution in [0.15, 0.2) is 53.5 Å². The van der Waals surface area contributed by atoms with E-state index in [0.717, 1.165) is 29.8 Å². The van der Waals surface area contributed by atoms with Crippen molar-refractivity contribution in [2.24, 2.45) is 10.7 Å². The summed E-state index contributed by atoms with van der Waals surface area (Å²) in [4.78, 5) is 27.5. The Morgan fingerprint density at radius 3 is 2.48 bits per heavy atom. The van der Waals surface area contributed by atoms with Gasteiger partial charge in [0, 0.05) is 24.1 Å². The Hall–Kier alpha value is -2.82. The lowest BCUT2D eigenvalue weighted by molar-refractivity contribution is -0.117. The summed E-state index contributed by atoms with van der Waals surface area (Å²) in [6, 6.07) is 15.2. The normalized spacial score (nSPS) is 16.5. The van der Waals surface area contributed by atoms with Crippen LogP contribution in [0.2, 0.25) is 0 Å². The molecule has 0 saturated carbocycles. The Labute approximate surface area is 211 Å². The summed E-state index contributed by atoms with van der Waals surface area (Å²) >= 11 is 0. The van der Waals surface area contributed by atoms with Crippen molar-refractivity contribution < 1.29 is 14.3 Å². The number of hydrogen-bond acceptors (Lipinski definition) is 4. The molecule has 0 bridgehead atoms. The van der Waals surface area contributed by atoms with Gasteiger partial charge in [-0.25, -0.2) is 4.99 Å². The number of aliphatic imine (C=N–C) groups is 1. The highest BCUT2D eigenvalue weighted by atomic mass is 127. The van der Waals surface area contributed by atoms with Crippen molar-refractivity contribution in [1.29, 1.82) is 0 Å². The number of nitrogens with zero attached hydrogens (tertiary/aromatic N) is 1. The summed E-state index contributed by atoms with van der Waals surface area (Å²) < 4.78 is 6.12. The fraction of sp³-hybridized carbons (Fsp3) is 0.375. The van der Waals surface area contributed by atoms with Crippen LogP contribution >= 0.6 is 24.0 Å². The largest absolute Gasteiger partial charge is 0.487 e. The number of fused-ring (bicyclic) bond motifs is 1. The number of nitrogens with two attached hydrogens (primary N) is 1. The first-order valence-electron chi connectivity index (χ1n) is 10.8. The molecule has 0 radical (unpaired) electrons. The van der Waals surface area contributed by atoms with Gasteiger partial charge in [0.2, 0.25) is 5.91 Å². The molecule has 0 aliphatic carbocycles. The molecule has 0 spiro atoms. The van der Waals surface area contributed by atoms with Crippen LogP contribution in [0, 0.1) is 0 Å². The lowest BCUT2D eigenvalue weighted by Gasteiger charge is -2.38. The quantitative estimate of drug-likeness (QED) is 0.234. The molecule has 1 aliphatic rings. The van der Waals surface area contributed by atoms with Gasteiger partial charge in [0.05, 0.1) is 19.1 Å². The van der Waals surface area contributed by atoms with Crippen LogP contribution in [-0.4, -0.2) is 36.5 Å². The number of guanidine groups is 1. The second-order valence-electron chi connectivity index (χ2n) is 8.34. The van der Waals surface area contributed by atoms with E-state index in [2.05, 4.69) is 35.9 Å². The molecule has 33 heavy (non-hydrogen) atoms. The van der Waals surface area contributed by atoms with Gasteiger partial charge in [-0.3, -0.25) is 9.59 Å². The number of ether oxygens (including phenoxy) is 1. The molecule has 1 aliphatic heterocycles. The van der Waals surface area contributed by atoms with Crippen molar-refractivity contribution in [3.8, 4) is 5.75 Å². The maximum absolute atomic E-state index is 12.0. The van der Waals surface area contributed by atoms with Gasteiger partial charge in [0.25, 0.3) is 5.91 Å². The minimum absolute atomic E-state index is 0. The van der Waals surface area contributed by atoms with E-state index < -0.39 is 5.91 Å². The van der Waals surface area contributed by atoms with Gasteiger partial charge in [-0.15, -0.1) is 24.0 Å². The first-order valence-corrected chi connectivity index (χ1v) is 10.8. The predicted molar refractivity (Wildman–Crippen MR) is 140 cm³/mol. The average molecular weight is 565 g/mol. The number of halogens is 1. The molecule has 8 nitrogen and oxygen atoms in total. The molecule has 178 valence electrons. The average Bonchev–Trinajstić information content (AvgIpc) is 2.75. The van der Waals surface area contributed by atoms with Gasteiger partial charge < -0.3 is 26.4 Å². The third kappa shape index (κ3) is 7.62. The van der Waals surface area contributed by atoms with E-state index in [1.165, 1.54) is 0 Å². The van der Waals surface area contributed by atoms with Crippen LogP contribution in [0.3, 0.4) is 0 Å². The molecule has 2 aromatic carbocycles. The molecule has 1 unspecified atom stereocenters. The number of primary amides is 1. The van der Waals surface area contributed by atoms with E-state index in [0.29, 0.717) is 18.1 Å². The van der Waals surface area contributed by atoms with Crippen LogP contribution in [0.25, 0.3) is 0 Å². The number of nitrogens with one attached hydrogen (secondary N) is 3. The lowest BCUT2D eigenvalue weighted by atomic mass is 9.90. The first-order chi connectivity index (χ1) is 15.3. The number of hydrogen-bond donors (Lipinski definition) is 4. The number of carbonyl (C=O) groups is 2. The number of benzene rings is 2. The highest BCUT2D eigenvalue weighted by Gasteiger charge is 2.33. The fourth-order valence-corrected chi connectivity index (χ4v) is 3.62. The molecular formula is C24H32IN5O3. The second kappa shape index (κ2) is 11.9.